The third kappa shape index (κ3) is 3.45. The van der Waals surface area contributed by atoms with Gasteiger partial charge in [0.05, 0.1) is 11.1 Å². The first-order valence-corrected chi connectivity index (χ1v) is 7.53. The van der Waals surface area contributed by atoms with Crippen LogP contribution in [0, 0.1) is 6.92 Å². The molecule has 0 radical (unpaired) electrons. The van der Waals surface area contributed by atoms with E-state index in [1.807, 2.05) is 63.2 Å². The molecule has 3 nitrogen and oxygen atoms in total. The van der Waals surface area contributed by atoms with Gasteiger partial charge in [0.2, 0.25) is 5.91 Å². The molecule has 4 heteroatoms. The van der Waals surface area contributed by atoms with Crippen LogP contribution in [0.1, 0.15) is 25.0 Å². The number of rotatable bonds is 3. The summed E-state index contributed by atoms with van der Waals surface area (Å²) >= 11 is 3.46. The van der Waals surface area contributed by atoms with E-state index in [0.29, 0.717) is 5.69 Å². The zero-order valence-corrected chi connectivity index (χ0v) is 14.0. The lowest BCUT2D eigenvalue weighted by Gasteiger charge is -2.24. The predicted molar refractivity (Wildman–Crippen MR) is 91.4 cm³/mol. The maximum Gasteiger partial charge on any atom is 0.234 e. The van der Waals surface area contributed by atoms with Crippen molar-refractivity contribution in [3.8, 4) is 0 Å². The van der Waals surface area contributed by atoms with E-state index < -0.39 is 5.41 Å². The molecular weight excluding hydrogens is 328 g/mol. The molecule has 2 aromatic rings. The van der Waals surface area contributed by atoms with Gasteiger partial charge >= 0.3 is 0 Å². The summed E-state index contributed by atoms with van der Waals surface area (Å²) < 4.78 is 0.870. The number of halogens is 1. The van der Waals surface area contributed by atoms with Crippen LogP contribution >= 0.6 is 15.9 Å². The highest BCUT2D eigenvalue weighted by Gasteiger charge is 2.30. The number of aryl methyl sites for hydroxylation is 1. The van der Waals surface area contributed by atoms with Crippen LogP contribution in [0.4, 0.5) is 11.4 Å². The monoisotopic (exact) mass is 346 g/mol. The number of hydrogen-bond donors (Lipinski definition) is 2. The molecule has 0 aliphatic rings. The maximum atomic E-state index is 12.6. The quantitative estimate of drug-likeness (QED) is 0.816. The minimum atomic E-state index is -0.642. The number of nitrogen functional groups attached to an aromatic ring is 1. The second-order valence-corrected chi connectivity index (χ2v) is 6.54. The summed E-state index contributed by atoms with van der Waals surface area (Å²) in [6.45, 7) is 5.79. The van der Waals surface area contributed by atoms with E-state index in [4.69, 9.17) is 5.73 Å². The van der Waals surface area contributed by atoms with Crippen molar-refractivity contribution < 1.29 is 4.79 Å². The number of hydrogen-bond acceptors (Lipinski definition) is 2. The Hall–Kier alpha value is -1.81. The van der Waals surface area contributed by atoms with Gasteiger partial charge in [-0.2, -0.15) is 0 Å². The largest absolute Gasteiger partial charge is 0.399 e. The Morgan fingerprint density at radius 3 is 2.38 bits per heavy atom. The molecule has 0 saturated heterocycles. The lowest BCUT2D eigenvalue weighted by atomic mass is 9.83. The Labute approximate surface area is 133 Å². The Balaban J connectivity index is 2.26. The molecule has 0 fully saturated rings. The van der Waals surface area contributed by atoms with Crippen LogP contribution in [0.3, 0.4) is 0 Å². The average Bonchev–Trinajstić information content (AvgIpc) is 2.43. The van der Waals surface area contributed by atoms with Crippen molar-refractivity contribution in [2.75, 3.05) is 11.1 Å². The van der Waals surface area contributed by atoms with Gasteiger partial charge in [0, 0.05) is 10.2 Å². The molecule has 2 rings (SSSR count). The topological polar surface area (TPSA) is 55.1 Å². The van der Waals surface area contributed by atoms with E-state index in [1.165, 1.54) is 0 Å². The van der Waals surface area contributed by atoms with E-state index >= 15 is 0 Å². The molecular formula is C17H19BrN2O. The number of amides is 1. The summed E-state index contributed by atoms with van der Waals surface area (Å²) in [6, 6.07) is 13.3. The summed E-state index contributed by atoms with van der Waals surface area (Å²) in [5.41, 5.74) is 8.55. The highest BCUT2D eigenvalue weighted by atomic mass is 79.9. The van der Waals surface area contributed by atoms with Crippen molar-refractivity contribution in [1.82, 2.24) is 0 Å². The van der Waals surface area contributed by atoms with Gasteiger partial charge < -0.3 is 11.1 Å². The second kappa shape index (κ2) is 5.90. The van der Waals surface area contributed by atoms with Crippen LogP contribution in [-0.4, -0.2) is 5.91 Å². The lowest BCUT2D eigenvalue weighted by molar-refractivity contribution is -0.120. The van der Waals surface area contributed by atoms with Gasteiger partial charge in [-0.3, -0.25) is 4.79 Å². The van der Waals surface area contributed by atoms with Crippen molar-refractivity contribution in [3.05, 3.63) is 58.1 Å². The van der Waals surface area contributed by atoms with E-state index in [-0.39, 0.29) is 5.91 Å². The smallest absolute Gasteiger partial charge is 0.234 e. The average molecular weight is 347 g/mol. The van der Waals surface area contributed by atoms with Crippen LogP contribution in [0.5, 0.6) is 0 Å². The first kappa shape index (κ1) is 15.6. The van der Waals surface area contributed by atoms with Crippen molar-refractivity contribution in [2.24, 2.45) is 0 Å². The van der Waals surface area contributed by atoms with Crippen LogP contribution < -0.4 is 11.1 Å². The first-order chi connectivity index (χ1) is 9.80. The normalized spacial score (nSPS) is 11.2. The third-order valence-corrected chi connectivity index (χ3v) is 4.26. The van der Waals surface area contributed by atoms with Crippen LogP contribution in [0.2, 0.25) is 0 Å². The number of carbonyl (C=O) groups excluding carboxylic acids is 1. The minimum absolute atomic E-state index is 0.0569. The number of nitrogens with one attached hydrogen (secondary N) is 1. The van der Waals surface area contributed by atoms with Gasteiger partial charge in [0.15, 0.2) is 0 Å². The van der Waals surface area contributed by atoms with E-state index in [9.17, 15) is 4.79 Å². The summed E-state index contributed by atoms with van der Waals surface area (Å²) in [5.74, 6) is -0.0569. The molecule has 1 amide bonds. The Kier molecular flexibility index (Phi) is 4.37. The van der Waals surface area contributed by atoms with E-state index in [0.717, 1.165) is 21.3 Å². The number of nitrogens with two attached hydrogens (primary N) is 1. The number of carbonyl (C=O) groups is 1. The third-order valence-electron chi connectivity index (χ3n) is 3.57. The molecule has 3 N–H and O–H groups in total. The van der Waals surface area contributed by atoms with Crippen LogP contribution in [0.15, 0.2) is 46.9 Å². The number of benzene rings is 2. The van der Waals surface area contributed by atoms with Gasteiger partial charge in [-0.15, -0.1) is 0 Å². The second-order valence-electron chi connectivity index (χ2n) is 5.68. The van der Waals surface area contributed by atoms with E-state index in [1.54, 1.807) is 0 Å². The fourth-order valence-corrected chi connectivity index (χ4v) is 2.39. The van der Waals surface area contributed by atoms with Crippen molar-refractivity contribution in [3.63, 3.8) is 0 Å². The number of anilines is 2. The SMILES string of the molecule is Cc1ccc(Br)c(NC(=O)C(C)(C)c2ccc(N)cc2)c1. The highest BCUT2D eigenvalue weighted by molar-refractivity contribution is 9.10. The Morgan fingerprint density at radius 2 is 1.76 bits per heavy atom. The summed E-state index contributed by atoms with van der Waals surface area (Å²) in [4.78, 5) is 12.6. The summed E-state index contributed by atoms with van der Waals surface area (Å²) in [5, 5.41) is 2.99. The van der Waals surface area contributed by atoms with Crippen molar-refractivity contribution >= 4 is 33.2 Å². The van der Waals surface area contributed by atoms with Gasteiger partial charge in [-0.05, 0) is 72.1 Å². The molecule has 0 aliphatic heterocycles. The maximum absolute atomic E-state index is 12.6. The van der Waals surface area contributed by atoms with Gasteiger partial charge in [0.1, 0.15) is 0 Å². The molecule has 0 bridgehead atoms. The fourth-order valence-electron chi connectivity index (χ4n) is 2.04. The molecule has 21 heavy (non-hydrogen) atoms. The highest BCUT2D eigenvalue weighted by Crippen LogP contribution is 2.29. The molecule has 0 heterocycles. The van der Waals surface area contributed by atoms with E-state index in [2.05, 4.69) is 21.2 Å². The summed E-state index contributed by atoms with van der Waals surface area (Å²) in [7, 11) is 0. The Bertz CT molecular complexity index is 663. The van der Waals surface area contributed by atoms with Crippen molar-refractivity contribution in [1.29, 1.82) is 0 Å². The van der Waals surface area contributed by atoms with Crippen LogP contribution in [-0.2, 0) is 10.2 Å². The van der Waals surface area contributed by atoms with Gasteiger partial charge in [-0.1, -0.05) is 18.2 Å². The fraction of sp³-hybridized carbons (Fsp3) is 0.235. The molecule has 0 aromatic heterocycles. The van der Waals surface area contributed by atoms with Gasteiger partial charge in [-0.25, -0.2) is 0 Å². The zero-order chi connectivity index (χ0) is 15.6. The minimum Gasteiger partial charge on any atom is -0.399 e. The van der Waals surface area contributed by atoms with Crippen LogP contribution in [0.25, 0.3) is 0 Å². The zero-order valence-electron chi connectivity index (χ0n) is 12.4. The molecule has 0 atom stereocenters. The first-order valence-electron chi connectivity index (χ1n) is 6.74. The lowest BCUT2D eigenvalue weighted by Crippen LogP contribution is -2.34. The molecule has 0 spiro atoms. The molecule has 110 valence electrons. The predicted octanol–water partition coefficient (Wildman–Crippen LogP) is 4.26. The van der Waals surface area contributed by atoms with Gasteiger partial charge in [0.25, 0.3) is 0 Å². The summed E-state index contributed by atoms with van der Waals surface area (Å²) in [6.07, 6.45) is 0. The molecule has 2 aromatic carbocycles. The molecule has 0 aliphatic carbocycles. The molecule has 0 saturated carbocycles. The standard InChI is InChI=1S/C17H19BrN2O/c1-11-4-9-14(18)15(10-11)20-16(21)17(2,3)12-5-7-13(19)8-6-12/h4-10H,19H2,1-3H3,(H,20,21). The Morgan fingerprint density at radius 1 is 1.14 bits per heavy atom. The molecule has 0 unspecified atom stereocenters. The van der Waals surface area contributed by atoms with Crippen molar-refractivity contribution in [2.45, 2.75) is 26.2 Å².